The molecule has 34 heavy (non-hydrogen) atoms. The quantitative estimate of drug-likeness (QED) is 0.354. The number of thiazole rings is 1. The Bertz CT molecular complexity index is 969. The van der Waals surface area contributed by atoms with E-state index in [1.807, 2.05) is 18.0 Å². The van der Waals surface area contributed by atoms with Crippen molar-refractivity contribution >= 4 is 34.0 Å². The zero-order valence-electron chi connectivity index (χ0n) is 20.0. The molecule has 0 unspecified atom stereocenters. The van der Waals surface area contributed by atoms with E-state index in [0.717, 1.165) is 24.9 Å². The number of aromatic nitrogens is 1. The summed E-state index contributed by atoms with van der Waals surface area (Å²) in [7, 11) is 6.48. The van der Waals surface area contributed by atoms with Crippen LogP contribution in [-0.2, 0) is 25.8 Å². The highest BCUT2D eigenvalue weighted by Gasteiger charge is 2.25. The Balaban J connectivity index is 1.76. The summed E-state index contributed by atoms with van der Waals surface area (Å²) in [5.74, 6) is -1.10. The predicted molar refractivity (Wildman–Crippen MR) is 129 cm³/mol. The second-order valence-corrected chi connectivity index (χ2v) is 8.86. The number of likely N-dealkylation sites (N-methyl/N-ethyl adjacent to an activating group) is 1. The third-order valence-electron chi connectivity index (χ3n) is 5.64. The summed E-state index contributed by atoms with van der Waals surface area (Å²) in [6, 6.07) is 5.68. The molecule has 0 radical (unpaired) electrons. The number of carbonyl (C=O) groups excluding carboxylic acids is 2. The number of likely N-dealkylation sites (tertiary alicyclic amines) is 1. The number of carbonyl (C=O) groups is 2. The van der Waals surface area contributed by atoms with Gasteiger partial charge in [-0.05, 0) is 37.1 Å². The number of nitrogens with zero attached hydrogens (tertiary/aromatic N) is 3. The first-order valence-electron chi connectivity index (χ1n) is 11.0. The molecule has 0 bridgehead atoms. The normalized spacial score (nSPS) is 15.9. The van der Waals surface area contributed by atoms with Crippen LogP contribution in [0.15, 0.2) is 23.6 Å². The second-order valence-electron chi connectivity index (χ2n) is 8.02. The molecule has 1 fully saturated rings. The molecule has 1 atom stereocenters. The Morgan fingerprint density at radius 1 is 1.26 bits per heavy atom. The molecule has 1 aromatic heterocycles. The molecule has 0 saturated carbocycles. The highest BCUT2D eigenvalue weighted by molar-refractivity contribution is 7.13. The fourth-order valence-corrected chi connectivity index (χ4v) is 4.66. The van der Waals surface area contributed by atoms with Crippen LogP contribution >= 0.6 is 11.3 Å². The third kappa shape index (κ3) is 6.73. The summed E-state index contributed by atoms with van der Waals surface area (Å²) in [6.45, 7) is 3.51. The smallest absolute Gasteiger partial charge is 0.375 e. The van der Waals surface area contributed by atoms with Crippen LogP contribution in [-0.4, -0.2) is 82.5 Å². The Labute approximate surface area is 203 Å². The first-order valence-corrected chi connectivity index (χ1v) is 11.9. The van der Waals surface area contributed by atoms with Gasteiger partial charge in [-0.1, -0.05) is 6.07 Å². The van der Waals surface area contributed by atoms with Crippen LogP contribution in [0.25, 0.3) is 0 Å². The molecule has 3 rings (SSSR count). The van der Waals surface area contributed by atoms with Crippen molar-refractivity contribution in [2.45, 2.75) is 25.4 Å². The molecule has 186 valence electrons. The number of methoxy groups -OCH3 is 2. The van der Waals surface area contributed by atoms with Gasteiger partial charge in [-0.2, -0.15) is 4.89 Å². The van der Waals surface area contributed by atoms with Crippen LogP contribution in [0.1, 0.15) is 39.3 Å². The van der Waals surface area contributed by atoms with Gasteiger partial charge in [0.1, 0.15) is 5.69 Å². The van der Waals surface area contributed by atoms with Gasteiger partial charge >= 0.3 is 5.97 Å². The zero-order valence-corrected chi connectivity index (χ0v) is 20.9. The summed E-state index contributed by atoms with van der Waals surface area (Å²) in [5.41, 5.74) is 1.73. The van der Waals surface area contributed by atoms with Crippen molar-refractivity contribution in [3.63, 3.8) is 0 Å². The molecule has 1 saturated heterocycles. The van der Waals surface area contributed by atoms with Gasteiger partial charge in [-0.25, -0.2) is 9.78 Å². The Hall–Kier alpha value is -2.57. The van der Waals surface area contributed by atoms with Crippen molar-refractivity contribution < 1.29 is 28.8 Å². The van der Waals surface area contributed by atoms with E-state index in [1.54, 1.807) is 31.7 Å². The lowest BCUT2D eigenvalue weighted by atomic mass is 10.1. The minimum atomic E-state index is -0.687. The maximum atomic E-state index is 12.9. The SMILES string of the molecule is COCCN(C)c1nc(C(=O)Nc2ccc(CN3CCC[C@@H]3COC)cc2C(=O)OOC)cs1. The van der Waals surface area contributed by atoms with Gasteiger partial charge in [0, 0.05) is 45.8 Å². The van der Waals surface area contributed by atoms with E-state index in [2.05, 4.69) is 20.1 Å². The number of nitrogens with one attached hydrogen (secondary N) is 1. The van der Waals surface area contributed by atoms with Gasteiger partial charge in [0.05, 0.1) is 31.6 Å². The van der Waals surface area contributed by atoms with E-state index in [4.69, 9.17) is 14.4 Å². The molecular weight excluding hydrogens is 460 g/mol. The zero-order chi connectivity index (χ0) is 24.5. The van der Waals surface area contributed by atoms with E-state index in [9.17, 15) is 9.59 Å². The van der Waals surface area contributed by atoms with E-state index < -0.39 is 11.9 Å². The van der Waals surface area contributed by atoms with Crippen LogP contribution in [0.3, 0.4) is 0 Å². The summed E-state index contributed by atoms with van der Waals surface area (Å²) < 4.78 is 10.4. The number of rotatable bonds is 12. The highest BCUT2D eigenvalue weighted by atomic mass is 32.1. The van der Waals surface area contributed by atoms with Gasteiger partial charge < -0.3 is 19.7 Å². The number of hydrogen-bond donors (Lipinski definition) is 1. The molecule has 1 aliphatic rings. The van der Waals surface area contributed by atoms with Crippen LogP contribution in [0.4, 0.5) is 10.8 Å². The fourth-order valence-electron chi connectivity index (χ4n) is 3.86. The molecule has 0 spiro atoms. The standard InChI is InChI=1S/C23H32N4O6S/c1-26(10-11-30-2)23-25-20(15-34-23)21(28)24-19-8-7-16(12-18(19)22(29)33-32-4)13-27-9-5-6-17(27)14-31-3/h7-8,12,15,17H,5-6,9-11,13-14H2,1-4H3,(H,24,28)/t17-/m1/s1. The lowest BCUT2D eigenvalue weighted by Crippen LogP contribution is -2.32. The lowest BCUT2D eigenvalue weighted by molar-refractivity contribution is -0.216. The highest BCUT2D eigenvalue weighted by Crippen LogP contribution is 2.25. The van der Waals surface area contributed by atoms with E-state index >= 15 is 0 Å². The van der Waals surface area contributed by atoms with Crippen molar-refractivity contribution in [3.05, 3.63) is 40.4 Å². The topological polar surface area (TPSA) is 102 Å². The molecule has 11 heteroatoms. The van der Waals surface area contributed by atoms with Crippen LogP contribution < -0.4 is 10.2 Å². The average molecular weight is 493 g/mol. The Morgan fingerprint density at radius 3 is 2.82 bits per heavy atom. The number of hydrogen-bond acceptors (Lipinski definition) is 10. The molecule has 1 aliphatic heterocycles. The number of benzene rings is 1. The number of anilines is 2. The first-order chi connectivity index (χ1) is 16.5. The minimum absolute atomic E-state index is 0.211. The largest absolute Gasteiger partial charge is 0.383 e. The summed E-state index contributed by atoms with van der Waals surface area (Å²) in [6.07, 6.45) is 2.19. The Kier molecular flexibility index (Phi) is 9.78. The maximum absolute atomic E-state index is 12.9. The molecule has 1 amide bonds. The van der Waals surface area contributed by atoms with Crippen LogP contribution in [0, 0.1) is 0 Å². The van der Waals surface area contributed by atoms with Crippen molar-refractivity contribution in [2.24, 2.45) is 0 Å². The predicted octanol–water partition coefficient (Wildman–Crippen LogP) is 2.81. The van der Waals surface area contributed by atoms with Crippen molar-refractivity contribution in [1.82, 2.24) is 9.88 Å². The third-order valence-corrected chi connectivity index (χ3v) is 6.59. The molecule has 1 aromatic carbocycles. The van der Waals surface area contributed by atoms with E-state index in [1.165, 1.54) is 18.4 Å². The first kappa shape index (κ1) is 26.0. The summed E-state index contributed by atoms with van der Waals surface area (Å²) in [4.78, 5) is 43.4. The van der Waals surface area contributed by atoms with Crippen molar-refractivity contribution in [3.8, 4) is 0 Å². The molecule has 1 N–H and O–H groups in total. The van der Waals surface area contributed by atoms with E-state index in [0.29, 0.717) is 43.2 Å². The summed E-state index contributed by atoms with van der Waals surface area (Å²) in [5, 5.41) is 5.16. The molecular formula is C23H32N4O6S. The van der Waals surface area contributed by atoms with Gasteiger partial charge in [0.2, 0.25) is 0 Å². The maximum Gasteiger partial charge on any atom is 0.375 e. The van der Waals surface area contributed by atoms with Crippen LogP contribution in [0.5, 0.6) is 0 Å². The second kappa shape index (κ2) is 12.8. The van der Waals surface area contributed by atoms with Gasteiger partial charge in [-0.3, -0.25) is 14.6 Å². The van der Waals surface area contributed by atoms with E-state index in [-0.39, 0.29) is 11.3 Å². The van der Waals surface area contributed by atoms with Gasteiger partial charge in [-0.15, -0.1) is 11.3 Å². The molecule has 10 nitrogen and oxygen atoms in total. The fraction of sp³-hybridized carbons (Fsp3) is 0.522. The van der Waals surface area contributed by atoms with Crippen molar-refractivity contribution in [2.75, 3.05) is 64.9 Å². The Morgan fingerprint density at radius 2 is 2.09 bits per heavy atom. The number of ether oxygens (including phenoxy) is 2. The molecule has 2 aromatic rings. The van der Waals surface area contributed by atoms with Crippen LogP contribution in [0.2, 0.25) is 0 Å². The monoisotopic (exact) mass is 492 g/mol. The van der Waals surface area contributed by atoms with Crippen molar-refractivity contribution in [1.29, 1.82) is 0 Å². The summed E-state index contributed by atoms with van der Waals surface area (Å²) >= 11 is 1.36. The van der Waals surface area contributed by atoms with Gasteiger partial charge in [0.15, 0.2) is 5.13 Å². The minimum Gasteiger partial charge on any atom is -0.383 e. The number of amides is 1. The molecule has 0 aliphatic carbocycles. The van der Waals surface area contributed by atoms with Gasteiger partial charge in [0.25, 0.3) is 5.91 Å². The molecule has 2 heterocycles. The average Bonchev–Trinajstić information content (AvgIpc) is 3.49. The lowest BCUT2D eigenvalue weighted by Gasteiger charge is -2.24.